The molecule has 3 aromatic rings. The summed E-state index contributed by atoms with van der Waals surface area (Å²) in [5.74, 6) is 0.564. The maximum Gasteiger partial charge on any atom is 0.416 e. The van der Waals surface area contributed by atoms with Gasteiger partial charge in [-0.25, -0.2) is 4.98 Å². The van der Waals surface area contributed by atoms with Crippen molar-refractivity contribution in [2.45, 2.75) is 71.6 Å². The third-order valence-corrected chi connectivity index (χ3v) is 8.34. The molecule has 3 heterocycles. The first-order chi connectivity index (χ1) is 21.7. The van der Waals surface area contributed by atoms with Crippen molar-refractivity contribution in [3.8, 4) is 23.5 Å². The van der Waals surface area contributed by atoms with Gasteiger partial charge in [0.15, 0.2) is 0 Å². The topological polar surface area (TPSA) is 105 Å². The number of carboxylic acids is 1. The van der Waals surface area contributed by atoms with Crippen LogP contribution in [0.3, 0.4) is 0 Å². The van der Waals surface area contributed by atoms with E-state index in [1.165, 1.54) is 6.20 Å². The van der Waals surface area contributed by atoms with Crippen molar-refractivity contribution in [2.75, 3.05) is 19.6 Å². The Balaban J connectivity index is 1.75. The number of carbonyl (C=O) groups is 2. The Morgan fingerprint density at radius 1 is 1.15 bits per heavy atom. The molecule has 2 atom stereocenters. The molecule has 1 aliphatic heterocycles. The fourth-order valence-electron chi connectivity index (χ4n) is 5.89. The smallest absolute Gasteiger partial charge is 0.416 e. The zero-order chi connectivity index (χ0) is 33.8. The third-order valence-electron chi connectivity index (χ3n) is 8.34. The van der Waals surface area contributed by atoms with E-state index in [1.54, 1.807) is 6.07 Å². The van der Waals surface area contributed by atoms with Crippen molar-refractivity contribution in [1.29, 1.82) is 0 Å². The highest BCUT2D eigenvalue weighted by Gasteiger charge is 2.36. The van der Waals surface area contributed by atoms with Crippen LogP contribution < -0.4 is 10.9 Å². The zero-order valence-corrected chi connectivity index (χ0v) is 26.4. The molecule has 46 heavy (non-hydrogen) atoms. The lowest BCUT2D eigenvalue weighted by Gasteiger charge is -2.31. The van der Waals surface area contributed by atoms with Crippen molar-refractivity contribution in [3.05, 3.63) is 86.6 Å². The number of carbonyl (C=O) groups excluding carboxylic acids is 1. The molecule has 2 unspecified atom stereocenters. The van der Waals surface area contributed by atoms with Crippen LogP contribution in [-0.2, 0) is 22.2 Å². The second-order valence-electron chi connectivity index (χ2n) is 12.3. The van der Waals surface area contributed by atoms with E-state index >= 15 is 0 Å². The monoisotopic (exact) mass is 636 g/mol. The average molecular weight is 637 g/mol. The highest BCUT2D eigenvalue weighted by atomic mass is 19.4. The molecular weight excluding hydrogens is 597 g/mol. The molecule has 2 N–H and O–H groups in total. The Kier molecular flexibility index (Phi) is 10.7. The lowest BCUT2D eigenvalue weighted by Crippen LogP contribution is -2.41. The number of carboxylic acid groups (broad SMARTS) is 1. The number of likely N-dealkylation sites (tertiary alicyclic amines) is 1. The lowest BCUT2D eigenvalue weighted by atomic mass is 9.92. The second kappa shape index (κ2) is 14.3. The highest BCUT2D eigenvalue weighted by Crippen LogP contribution is 2.34. The number of aliphatic carboxylic acids is 1. The van der Waals surface area contributed by atoms with Crippen molar-refractivity contribution in [2.24, 2.45) is 5.92 Å². The maximum absolute atomic E-state index is 14.0. The average Bonchev–Trinajstić information content (AvgIpc) is 2.94. The van der Waals surface area contributed by atoms with Gasteiger partial charge in [0, 0.05) is 30.6 Å². The number of halogens is 3. The molecule has 1 aliphatic rings. The van der Waals surface area contributed by atoms with Gasteiger partial charge in [-0.1, -0.05) is 32.0 Å². The minimum absolute atomic E-state index is 0.0566. The molecule has 11 heteroatoms. The number of amides is 1. The van der Waals surface area contributed by atoms with Gasteiger partial charge < -0.3 is 19.9 Å². The van der Waals surface area contributed by atoms with Gasteiger partial charge in [-0.05, 0) is 91.9 Å². The van der Waals surface area contributed by atoms with E-state index in [-0.39, 0.29) is 24.3 Å². The number of pyridine rings is 2. The van der Waals surface area contributed by atoms with Crippen LogP contribution in [0.4, 0.5) is 13.2 Å². The van der Waals surface area contributed by atoms with Crippen LogP contribution in [0.1, 0.15) is 78.7 Å². The van der Waals surface area contributed by atoms with E-state index in [9.17, 15) is 32.7 Å². The number of rotatable bonds is 12. The van der Waals surface area contributed by atoms with Gasteiger partial charge in [0.1, 0.15) is 11.7 Å². The van der Waals surface area contributed by atoms with Gasteiger partial charge in [0.25, 0.3) is 5.56 Å². The van der Waals surface area contributed by atoms with Gasteiger partial charge in [-0.3, -0.25) is 14.4 Å². The van der Waals surface area contributed by atoms with Gasteiger partial charge in [0.05, 0.1) is 18.0 Å². The van der Waals surface area contributed by atoms with Crippen LogP contribution in [0.5, 0.6) is 0 Å². The number of hydrogen-bond donors (Lipinski definition) is 2. The molecule has 4 rings (SSSR count). The summed E-state index contributed by atoms with van der Waals surface area (Å²) < 4.78 is 43.0. The van der Waals surface area contributed by atoms with Crippen LogP contribution in [-0.4, -0.2) is 51.1 Å². The Morgan fingerprint density at radius 3 is 2.37 bits per heavy atom. The molecule has 1 fully saturated rings. The zero-order valence-electron chi connectivity index (χ0n) is 26.4. The van der Waals surface area contributed by atoms with Crippen molar-refractivity contribution in [3.63, 3.8) is 0 Å². The maximum atomic E-state index is 14.0. The first-order valence-electron chi connectivity index (χ1n) is 15.3. The summed E-state index contributed by atoms with van der Waals surface area (Å²) in [5, 5.41) is 12.6. The summed E-state index contributed by atoms with van der Waals surface area (Å²) in [4.78, 5) is 45.6. The number of nitrogens with zero attached hydrogens (tertiary/aromatic N) is 3. The van der Waals surface area contributed by atoms with Crippen LogP contribution in [0.2, 0.25) is 0 Å². The predicted octanol–water partition coefficient (Wildman–Crippen LogP) is 5.69. The van der Waals surface area contributed by atoms with E-state index in [0.29, 0.717) is 29.4 Å². The molecule has 1 aromatic carbocycles. The van der Waals surface area contributed by atoms with Crippen molar-refractivity contribution < 1.29 is 27.9 Å². The summed E-state index contributed by atoms with van der Waals surface area (Å²) >= 11 is 0. The molecule has 2 aromatic heterocycles. The Morgan fingerprint density at radius 2 is 1.83 bits per heavy atom. The lowest BCUT2D eigenvalue weighted by molar-refractivity contribution is -0.139. The standard InChI is InChI=1S/C35H39F3N4O4/c1-6-28-26(33-22(4)9-7-10-23(33)5)16-25(19-39-28)29(18-32(44)45)40-34(46)30(15-21(2)3)42-20-24(11-14-41-12-8-13-41)27(17-31(42)43)35(36,37)38/h1,7,9-10,16-17,19-21,29-30H,8,11-15,18H2,2-5H3,(H,40,46)(H,44,45). The predicted molar refractivity (Wildman–Crippen MR) is 169 cm³/mol. The molecule has 0 saturated carbocycles. The van der Waals surface area contributed by atoms with E-state index in [4.69, 9.17) is 6.42 Å². The highest BCUT2D eigenvalue weighted by molar-refractivity contribution is 5.82. The van der Waals surface area contributed by atoms with Crippen molar-refractivity contribution in [1.82, 2.24) is 19.8 Å². The van der Waals surface area contributed by atoms with Gasteiger partial charge in [-0.2, -0.15) is 13.2 Å². The number of nitrogens with one attached hydrogen (secondary N) is 1. The molecule has 8 nitrogen and oxygen atoms in total. The minimum atomic E-state index is -4.74. The number of hydrogen-bond acceptors (Lipinski definition) is 5. The molecule has 1 saturated heterocycles. The van der Waals surface area contributed by atoms with Gasteiger partial charge >= 0.3 is 12.1 Å². The summed E-state index contributed by atoms with van der Waals surface area (Å²) in [7, 11) is 0. The van der Waals surface area contributed by atoms with Crippen molar-refractivity contribution >= 4 is 11.9 Å². The summed E-state index contributed by atoms with van der Waals surface area (Å²) in [6, 6.07) is 5.75. The number of terminal acetylenes is 1. The first kappa shape index (κ1) is 34.4. The molecular formula is C35H39F3N4O4. The van der Waals surface area contributed by atoms with E-state index in [0.717, 1.165) is 47.0 Å². The molecule has 244 valence electrons. The van der Waals surface area contributed by atoms with Gasteiger partial charge in [0.2, 0.25) is 5.91 Å². The number of benzene rings is 1. The number of aryl methyl sites for hydroxylation is 2. The summed E-state index contributed by atoms with van der Waals surface area (Å²) in [6.07, 6.45) is 4.23. The fraction of sp³-hybridized carbons (Fsp3) is 0.429. The van der Waals surface area contributed by atoms with E-state index in [1.807, 2.05) is 50.8 Å². The Labute approximate surface area is 266 Å². The fourth-order valence-corrected chi connectivity index (χ4v) is 5.89. The SMILES string of the molecule is C#Cc1ncc(C(CC(=O)O)NC(=O)C(CC(C)C)n2cc(CCN3CCC3)c(C(F)(F)F)cc2=O)cc1-c1c(C)cccc1C. The normalized spacial score (nSPS) is 14.8. The molecule has 0 radical (unpaired) electrons. The molecule has 0 aliphatic carbocycles. The Bertz CT molecular complexity index is 1680. The van der Waals surface area contributed by atoms with Crippen LogP contribution in [0.15, 0.2) is 47.5 Å². The third kappa shape index (κ3) is 8.04. The van der Waals surface area contributed by atoms with E-state index < -0.39 is 47.7 Å². The molecule has 0 spiro atoms. The molecule has 1 amide bonds. The quantitative estimate of drug-likeness (QED) is 0.248. The van der Waals surface area contributed by atoms with Crippen LogP contribution >= 0.6 is 0 Å². The second-order valence-corrected chi connectivity index (χ2v) is 12.3. The van der Waals surface area contributed by atoms with Gasteiger partial charge in [-0.15, -0.1) is 6.42 Å². The number of alkyl halides is 3. The molecule has 0 bridgehead atoms. The first-order valence-corrected chi connectivity index (χ1v) is 15.3. The summed E-state index contributed by atoms with van der Waals surface area (Å²) in [5.41, 5.74) is 1.97. The van der Waals surface area contributed by atoms with Crippen LogP contribution in [0.25, 0.3) is 11.1 Å². The Hall–Kier alpha value is -4.43. The van der Waals surface area contributed by atoms with Crippen LogP contribution in [0, 0.1) is 32.1 Å². The van der Waals surface area contributed by atoms with E-state index in [2.05, 4.69) is 16.2 Å². The largest absolute Gasteiger partial charge is 0.481 e. The number of aromatic nitrogens is 2. The minimum Gasteiger partial charge on any atom is -0.481 e. The summed E-state index contributed by atoms with van der Waals surface area (Å²) in [6.45, 7) is 9.48.